The van der Waals surface area contributed by atoms with Crippen LogP contribution in [0.15, 0.2) is 12.1 Å². The molecule has 0 fully saturated rings. The van der Waals surface area contributed by atoms with Gasteiger partial charge < -0.3 is 5.73 Å². The Bertz CT molecular complexity index is 312. The van der Waals surface area contributed by atoms with E-state index in [1.54, 1.807) is 6.92 Å². The molecule has 0 radical (unpaired) electrons. The third kappa shape index (κ3) is 2.01. The second-order valence-electron chi connectivity index (χ2n) is 2.93. The molecule has 0 saturated carbocycles. The van der Waals surface area contributed by atoms with Gasteiger partial charge in [0, 0.05) is 6.07 Å². The van der Waals surface area contributed by atoms with Crippen LogP contribution in [0, 0.1) is 17.5 Å². The topological polar surface area (TPSA) is 26.0 Å². The Hall–Kier alpha value is -1.03. The van der Waals surface area contributed by atoms with Crippen LogP contribution in [0.4, 0.5) is 13.2 Å². The molecule has 1 aromatic rings. The lowest BCUT2D eigenvalue weighted by atomic mass is 10.0. The number of rotatable bonds is 2. The summed E-state index contributed by atoms with van der Waals surface area (Å²) in [6, 6.07) is 1.48. The highest BCUT2D eigenvalue weighted by molar-refractivity contribution is 5.23. The van der Waals surface area contributed by atoms with E-state index in [9.17, 15) is 13.2 Å². The highest BCUT2D eigenvalue weighted by Crippen LogP contribution is 2.21. The smallest absolute Gasteiger partial charge is 0.162 e. The molecule has 0 aliphatic heterocycles. The maximum atomic E-state index is 13.0. The molecule has 1 aromatic carbocycles. The molecular formula is C9H10F3N. The van der Waals surface area contributed by atoms with Gasteiger partial charge in [0.1, 0.15) is 5.82 Å². The second-order valence-corrected chi connectivity index (χ2v) is 2.93. The molecule has 72 valence electrons. The monoisotopic (exact) mass is 189 g/mol. The minimum Gasteiger partial charge on any atom is -0.330 e. The Balaban J connectivity index is 3.20. The Kier molecular flexibility index (Phi) is 2.93. The molecule has 2 N–H and O–H groups in total. The SMILES string of the molecule is CC(CN)c1cc(F)cc(F)c1F. The predicted molar refractivity (Wildman–Crippen MR) is 43.8 cm³/mol. The summed E-state index contributed by atoms with van der Waals surface area (Å²) in [6.07, 6.45) is 0. The molecule has 13 heavy (non-hydrogen) atoms. The van der Waals surface area contributed by atoms with Gasteiger partial charge in [-0.3, -0.25) is 0 Å². The lowest BCUT2D eigenvalue weighted by molar-refractivity contribution is 0.477. The van der Waals surface area contributed by atoms with E-state index < -0.39 is 17.5 Å². The predicted octanol–water partition coefficient (Wildman–Crippen LogP) is 2.17. The minimum absolute atomic E-state index is 0.0139. The molecule has 0 bridgehead atoms. The third-order valence-corrected chi connectivity index (χ3v) is 1.91. The first-order chi connectivity index (χ1) is 6.06. The van der Waals surface area contributed by atoms with Gasteiger partial charge in [0.2, 0.25) is 0 Å². The zero-order valence-electron chi connectivity index (χ0n) is 7.15. The molecule has 0 aliphatic carbocycles. The van der Waals surface area contributed by atoms with Crippen molar-refractivity contribution in [3.05, 3.63) is 35.1 Å². The maximum Gasteiger partial charge on any atom is 0.162 e. The normalized spacial score (nSPS) is 13.0. The summed E-state index contributed by atoms with van der Waals surface area (Å²) >= 11 is 0. The number of hydrogen-bond donors (Lipinski definition) is 1. The van der Waals surface area contributed by atoms with E-state index in [0.29, 0.717) is 6.07 Å². The highest BCUT2D eigenvalue weighted by Gasteiger charge is 2.15. The van der Waals surface area contributed by atoms with Crippen molar-refractivity contribution in [3.63, 3.8) is 0 Å². The first-order valence-electron chi connectivity index (χ1n) is 3.90. The molecule has 1 rings (SSSR count). The lowest BCUT2D eigenvalue weighted by Crippen LogP contribution is -2.11. The van der Waals surface area contributed by atoms with Crippen molar-refractivity contribution < 1.29 is 13.2 Å². The first kappa shape index (κ1) is 10.1. The molecular weight excluding hydrogens is 179 g/mol. The van der Waals surface area contributed by atoms with Crippen molar-refractivity contribution in [2.24, 2.45) is 5.73 Å². The van der Waals surface area contributed by atoms with Gasteiger partial charge in [0.05, 0.1) is 0 Å². The van der Waals surface area contributed by atoms with Crippen LogP contribution in [0.2, 0.25) is 0 Å². The average molecular weight is 189 g/mol. The Morgan fingerprint density at radius 3 is 2.46 bits per heavy atom. The summed E-state index contributed by atoms with van der Waals surface area (Å²) in [5, 5.41) is 0. The van der Waals surface area contributed by atoms with E-state index in [4.69, 9.17) is 5.73 Å². The molecule has 0 aromatic heterocycles. The van der Waals surface area contributed by atoms with Gasteiger partial charge in [0.25, 0.3) is 0 Å². The summed E-state index contributed by atoms with van der Waals surface area (Å²) in [5.74, 6) is -3.35. The van der Waals surface area contributed by atoms with Crippen molar-refractivity contribution >= 4 is 0 Å². The quantitative estimate of drug-likeness (QED) is 0.709. The molecule has 0 saturated heterocycles. The van der Waals surface area contributed by atoms with Gasteiger partial charge >= 0.3 is 0 Å². The van der Waals surface area contributed by atoms with Crippen LogP contribution in [-0.2, 0) is 0 Å². The summed E-state index contributed by atoms with van der Waals surface area (Å²) < 4.78 is 38.4. The molecule has 0 aliphatic rings. The second kappa shape index (κ2) is 3.79. The van der Waals surface area contributed by atoms with E-state index in [1.807, 2.05) is 0 Å². The van der Waals surface area contributed by atoms with Crippen molar-refractivity contribution in [1.29, 1.82) is 0 Å². The molecule has 4 heteroatoms. The van der Waals surface area contributed by atoms with Gasteiger partial charge in [-0.05, 0) is 24.1 Å². The number of nitrogens with two attached hydrogens (primary N) is 1. The van der Waals surface area contributed by atoms with Crippen LogP contribution < -0.4 is 5.73 Å². The largest absolute Gasteiger partial charge is 0.330 e. The van der Waals surface area contributed by atoms with Crippen LogP contribution >= 0.6 is 0 Å². The van der Waals surface area contributed by atoms with Gasteiger partial charge in [-0.1, -0.05) is 6.92 Å². The summed E-state index contributed by atoms with van der Waals surface area (Å²) in [4.78, 5) is 0. The van der Waals surface area contributed by atoms with E-state index in [2.05, 4.69) is 0 Å². The molecule has 1 unspecified atom stereocenters. The molecule has 0 amide bonds. The standard InChI is InChI=1S/C9H10F3N/c1-5(4-13)7-2-6(10)3-8(11)9(7)12/h2-3,5H,4,13H2,1H3. The fourth-order valence-corrected chi connectivity index (χ4v) is 1.06. The number of halogens is 3. The van der Waals surface area contributed by atoms with E-state index >= 15 is 0 Å². The average Bonchev–Trinajstić information content (AvgIpc) is 2.10. The molecule has 1 nitrogen and oxygen atoms in total. The van der Waals surface area contributed by atoms with Crippen molar-refractivity contribution in [1.82, 2.24) is 0 Å². The third-order valence-electron chi connectivity index (χ3n) is 1.91. The van der Waals surface area contributed by atoms with Crippen LogP contribution in [-0.4, -0.2) is 6.54 Å². The van der Waals surface area contributed by atoms with Crippen molar-refractivity contribution in [3.8, 4) is 0 Å². The maximum absolute atomic E-state index is 13.0. The molecule has 0 heterocycles. The first-order valence-corrected chi connectivity index (χ1v) is 3.90. The molecule has 1 atom stereocenters. The summed E-state index contributed by atoms with van der Waals surface area (Å²) in [5.41, 5.74) is 5.25. The van der Waals surface area contributed by atoms with Gasteiger partial charge in [-0.2, -0.15) is 0 Å². The van der Waals surface area contributed by atoms with E-state index in [0.717, 1.165) is 6.07 Å². The highest BCUT2D eigenvalue weighted by atomic mass is 19.2. The zero-order chi connectivity index (χ0) is 10.0. The van der Waals surface area contributed by atoms with Gasteiger partial charge in [-0.25, -0.2) is 13.2 Å². The van der Waals surface area contributed by atoms with Crippen LogP contribution in [0.25, 0.3) is 0 Å². The van der Waals surface area contributed by atoms with Crippen LogP contribution in [0.1, 0.15) is 18.4 Å². The fourth-order valence-electron chi connectivity index (χ4n) is 1.06. The van der Waals surface area contributed by atoms with Gasteiger partial charge in [0.15, 0.2) is 11.6 Å². The number of hydrogen-bond acceptors (Lipinski definition) is 1. The van der Waals surface area contributed by atoms with E-state index in [1.165, 1.54) is 0 Å². The fraction of sp³-hybridized carbons (Fsp3) is 0.333. The zero-order valence-corrected chi connectivity index (χ0v) is 7.15. The van der Waals surface area contributed by atoms with Crippen molar-refractivity contribution in [2.75, 3.05) is 6.54 Å². The number of benzene rings is 1. The lowest BCUT2D eigenvalue weighted by Gasteiger charge is -2.10. The van der Waals surface area contributed by atoms with E-state index in [-0.39, 0.29) is 18.0 Å². The van der Waals surface area contributed by atoms with Crippen LogP contribution in [0.5, 0.6) is 0 Å². The summed E-state index contributed by atoms with van der Waals surface area (Å²) in [6.45, 7) is 1.76. The summed E-state index contributed by atoms with van der Waals surface area (Å²) in [7, 11) is 0. The van der Waals surface area contributed by atoms with Crippen LogP contribution in [0.3, 0.4) is 0 Å². The Labute approximate surface area is 74.4 Å². The Morgan fingerprint density at radius 1 is 1.31 bits per heavy atom. The van der Waals surface area contributed by atoms with Crippen molar-refractivity contribution in [2.45, 2.75) is 12.8 Å². The minimum atomic E-state index is -1.17. The van der Waals surface area contributed by atoms with Gasteiger partial charge in [-0.15, -0.1) is 0 Å². The Morgan fingerprint density at radius 2 is 1.92 bits per heavy atom. The molecule has 0 spiro atoms.